The fourth-order valence-corrected chi connectivity index (χ4v) is 3.92. The maximum atomic E-state index is 12.1. The molecule has 0 saturated carbocycles. The molecule has 0 fully saturated rings. The number of hydrogen-bond donors (Lipinski definition) is 1. The Hall–Kier alpha value is -5.80. The third kappa shape index (κ3) is 3.50. The molecule has 36 heavy (non-hydrogen) atoms. The minimum atomic E-state index is -1.41. The number of hydrogen-bond acceptors (Lipinski definition) is 10. The van der Waals surface area contributed by atoms with Gasteiger partial charge in [0.1, 0.15) is 5.69 Å². The van der Waals surface area contributed by atoms with Crippen LogP contribution in [0, 0.1) is 40.5 Å². The Morgan fingerprint density at radius 3 is 1.83 bits per heavy atom. The van der Waals surface area contributed by atoms with Crippen LogP contribution in [0.3, 0.4) is 0 Å². The Morgan fingerprint density at radius 2 is 1.22 bits per heavy atom. The normalized spacial score (nSPS) is 12.0. The molecular weight excluding hydrogens is 480 g/mol. The van der Waals surface area contributed by atoms with Crippen molar-refractivity contribution in [1.82, 2.24) is 19.6 Å². The Balaban J connectivity index is 2.14. The fourth-order valence-electron chi connectivity index (χ4n) is 3.92. The monoisotopic (exact) mass is 490 g/mol. The summed E-state index contributed by atoms with van der Waals surface area (Å²) in [6.07, 6.45) is 5.85. The smallest absolute Gasteiger partial charge is 0.355 e. The summed E-state index contributed by atoms with van der Waals surface area (Å²) in [6, 6.07) is 7.03. The molecule has 0 radical (unpaired) electrons. The molecule has 8 bridgehead atoms. The summed E-state index contributed by atoms with van der Waals surface area (Å²) in [6.45, 7) is 0. The van der Waals surface area contributed by atoms with E-state index in [1.165, 1.54) is 18.2 Å². The number of rotatable bonds is 4. The van der Waals surface area contributed by atoms with Gasteiger partial charge in [0.25, 0.3) is 5.52 Å². The number of nitrogens with zero attached hydrogens (tertiary/aromatic N) is 7. The first-order chi connectivity index (χ1) is 17.1. The van der Waals surface area contributed by atoms with Gasteiger partial charge in [-0.25, -0.2) is 20.1 Å². The van der Waals surface area contributed by atoms with Crippen molar-refractivity contribution in [3.8, 4) is 0 Å². The van der Waals surface area contributed by atoms with Gasteiger partial charge in [0.15, 0.2) is 10.5 Å². The van der Waals surface area contributed by atoms with E-state index in [0.29, 0.717) is 16.9 Å². The van der Waals surface area contributed by atoms with Crippen LogP contribution >= 0.6 is 0 Å². The highest BCUT2D eigenvalue weighted by Gasteiger charge is 2.44. The highest BCUT2D eigenvalue weighted by atomic mass is 16.7. The minimum Gasteiger partial charge on any atom is -0.355 e. The Bertz CT molecular complexity index is 1760. The van der Waals surface area contributed by atoms with Gasteiger partial charge in [-0.15, -0.1) is 0 Å². The van der Waals surface area contributed by atoms with Gasteiger partial charge in [0.05, 0.1) is 31.9 Å². The van der Waals surface area contributed by atoms with Crippen LogP contribution in [-0.2, 0) is 0 Å². The first kappa shape index (κ1) is 22.0. The zero-order chi connectivity index (χ0) is 25.7. The predicted molar refractivity (Wildman–Crippen MR) is 125 cm³/mol. The zero-order valence-electron chi connectivity index (χ0n) is 17.6. The largest absolute Gasteiger partial charge is 0.385 e. The van der Waals surface area contributed by atoms with Gasteiger partial charge in [-0.1, -0.05) is 0 Å². The van der Waals surface area contributed by atoms with E-state index in [0.717, 1.165) is 12.1 Å². The Morgan fingerprint density at radius 1 is 0.667 bits per heavy atom. The number of aromatic amines is 1. The SMILES string of the molecule is O=[N+]([O-])c1c([N+](=O)[O-])c2c([N+](=O)[O-])c3nc(cc4nc(cc5ccc(cc1n2[N+](=O)[O-])[nH]5)C=C4)C=C3. The maximum absolute atomic E-state index is 12.1. The topological polar surface area (TPSA) is 219 Å². The lowest BCUT2D eigenvalue weighted by Crippen LogP contribution is -2.09. The summed E-state index contributed by atoms with van der Waals surface area (Å²) in [5, 5.41) is 46.8. The van der Waals surface area contributed by atoms with Crippen LogP contribution in [0.15, 0.2) is 30.3 Å². The van der Waals surface area contributed by atoms with Crippen LogP contribution in [-0.4, -0.2) is 39.4 Å². The quantitative estimate of drug-likeness (QED) is 0.283. The van der Waals surface area contributed by atoms with Crippen molar-refractivity contribution in [2.45, 2.75) is 0 Å². The van der Waals surface area contributed by atoms with Gasteiger partial charge < -0.3 is 4.98 Å². The van der Waals surface area contributed by atoms with Gasteiger partial charge in [-0.05, 0) is 59.3 Å². The average molecular weight is 490 g/mol. The number of H-pyrrole nitrogens is 1. The Labute approximate surface area is 197 Å². The summed E-state index contributed by atoms with van der Waals surface area (Å²) in [7, 11) is 0. The van der Waals surface area contributed by atoms with Crippen LogP contribution < -0.4 is 0 Å². The van der Waals surface area contributed by atoms with E-state index in [-0.39, 0.29) is 15.9 Å². The Kier molecular flexibility index (Phi) is 4.83. The van der Waals surface area contributed by atoms with Gasteiger partial charge in [-0.2, -0.15) is 0 Å². The van der Waals surface area contributed by atoms with Crippen molar-refractivity contribution in [1.29, 1.82) is 0 Å². The van der Waals surface area contributed by atoms with Crippen LogP contribution in [0.2, 0.25) is 0 Å². The third-order valence-corrected chi connectivity index (χ3v) is 5.28. The molecule has 16 heteroatoms. The molecule has 0 unspecified atom stereocenters. The van der Waals surface area contributed by atoms with E-state index >= 15 is 0 Å². The van der Waals surface area contributed by atoms with Crippen molar-refractivity contribution in [3.63, 3.8) is 0 Å². The van der Waals surface area contributed by atoms with Crippen molar-refractivity contribution in [2.75, 3.05) is 0 Å². The summed E-state index contributed by atoms with van der Waals surface area (Å²) >= 11 is 0. The lowest BCUT2D eigenvalue weighted by Gasteiger charge is -1.96. The zero-order valence-corrected chi connectivity index (χ0v) is 17.6. The molecule has 5 heterocycles. The number of aromatic nitrogens is 4. The molecule has 1 N–H and O–H groups in total. The number of nitro groups is 4. The third-order valence-electron chi connectivity index (χ3n) is 5.28. The molecule has 178 valence electrons. The molecule has 0 saturated heterocycles. The molecule has 0 amide bonds. The second-order valence-electron chi connectivity index (χ2n) is 7.45. The number of nitrogens with one attached hydrogen (secondary N) is 1. The lowest BCUT2D eigenvalue weighted by molar-refractivity contribution is -0.534. The van der Waals surface area contributed by atoms with E-state index in [1.807, 2.05) is 0 Å². The van der Waals surface area contributed by atoms with Crippen LogP contribution in [0.25, 0.3) is 46.4 Å². The van der Waals surface area contributed by atoms with Gasteiger partial charge in [0.2, 0.25) is 0 Å². The lowest BCUT2D eigenvalue weighted by atomic mass is 10.2. The molecular formula is C20H10N8O8. The van der Waals surface area contributed by atoms with Gasteiger partial charge in [0, 0.05) is 11.0 Å². The van der Waals surface area contributed by atoms with Gasteiger partial charge in [-0.3, -0.25) is 30.3 Å². The molecule has 2 aliphatic rings. The molecule has 2 aliphatic heterocycles. The molecule has 3 aromatic heterocycles. The fraction of sp³-hybridized carbons (Fsp3) is 0. The molecule has 0 aromatic carbocycles. The molecule has 0 aliphatic carbocycles. The van der Waals surface area contributed by atoms with Crippen LogP contribution in [0.5, 0.6) is 0 Å². The van der Waals surface area contributed by atoms with Gasteiger partial charge >= 0.3 is 17.1 Å². The van der Waals surface area contributed by atoms with Crippen LogP contribution in [0.4, 0.5) is 17.1 Å². The second-order valence-corrected chi connectivity index (χ2v) is 7.45. The van der Waals surface area contributed by atoms with Crippen molar-refractivity contribution in [3.05, 3.63) is 93.6 Å². The highest BCUT2D eigenvalue weighted by molar-refractivity contribution is 5.96. The van der Waals surface area contributed by atoms with E-state index < -0.39 is 53.6 Å². The summed E-state index contributed by atoms with van der Waals surface area (Å²) in [4.78, 5) is 55.8. The van der Waals surface area contributed by atoms with E-state index in [9.17, 15) is 40.5 Å². The van der Waals surface area contributed by atoms with Crippen molar-refractivity contribution < 1.29 is 19.8 Å². The van der Waals surface area contributed by atoms with Crippen molar-refractivity contribution >= 4 is 63.4 Å². The minimum absolute atomic E-state index is 0.0351. The highest BCUT2D eigenvalue weighted by Crippen LogP contribution is 2.43. The van der Waals surface area contributed by atoms with Crippen molar-refractivity contribution in [2.24, 2.45) is 0 Å². The second kappa shape index (κ2) is 7.90. The molecule has 16 nitrogen and oxygen atoms in total. The summed E-state index contributed by atoms with van der Waals surface area (Å²) < 4.78 is -0.0351. The average Bonchev–Trinajstić information content (AvgIpc) is 3.56. The van der Waals surface area contributed by atoms with E-state index in [1.54, 1.807) is 24.3 Å². The number of fused-ring (bicyclic) bond motifs is 8. The molecule has 0 spiro atoms. The predicted octanol–water partition coefficient (Wildman–Crippen LogP) is 3.89. The van der Waals surface area contributed by atoms with E-state index in [2.05, 4.69) is 15.0 Å². The first-order valence-corrected chi connectivity index (χ1v) is 9.89. The molecule has 3 aromatic rings. The molecule has 5 rings (SSSR count). The standard InChI is InChI=1S/C20H10N8O8/c29-25(30)17-15-6-5-13(23-15)8-12-2-1-10(21-12)7-11-3-4-14(22-11)9-16-18(26(31)32)20(27(33)34)19(17)24(16)28(35)36/h1-9,22H. The summed E-state index contributed by atoms with van der Waals surface area (Å²) in [5.41, 5.74) is -4.62. The maximum Gasteiger partial charge on any atom is 0.385 e. The molecule has 0 atom stereocenters. The summed E-state index contributed by atoms with van der Waals surface area (Å²) in [5.74, 6) is 0. The van der Waals surface area contributed by atoms with Crippen LogP contribution in [0.1, 0.15) is 22.8 Å². The first-order valence-electron chi connectivity index (χ1n) is 9.89. The van der Waals surface area contributed by atoms with E-state index in [4.69, 9.17) is 0 Å².